The van der Waals surface area contributed by atoms with Gasteiger partial charge in [-0.05, 0) is 12.8 Å². The van der Waals surface area contributed by atoms with Gasteiger partial charge in [0.25, 0.3) is 0 Å². The molecule has 4 heteroatoms. The van der Waals surface area contributed by atoms with Crippen LogP contribution in [0.5, 0.6) is 0 Å². The smallest absolute Gasteiger partial charge is 0.0173 e. The third kappa shape index (κ3) is 2.42. The first-order chi connectivity index (χ1) is 5.75. The van der Waals surface area contributed by atoms with Gasteiger partial charge in [0, 0.05) is 33.7 Å². The fourth-order valence-electron chi connectivity index (χ4n) is 1.49. The quantitative estimate of drug-likeness (QED) is 0.661. The summed E-state index contributed by atoms with van der Waals surface area (Å²) in [6.07, 6.45) is 2.44. The molecule has 0 radical (unpaired) electrons. The van der Waals surface area contributed by atoms with Crippen LogP contribution in [0.4, 0.5) is 0 Å². The van der Waals surface area contributed by atoms with E-state index >= 15 is 0 Å². The molecule has 1 heterocycles. The normalized spacial score (nSPS) is 22.0. The van der Waals surface area contributed by atoms with Crippen molar-refractivity contribution in [2.24, 2.45) is 0 Å². The Hall–Kier alpha value is -0.160. The summed E-state index contributed by atoms with van der Waals surface area (Å²) in [4.78, 5) is 0. The average molecular weight is 172 g/mol. The minimum Gasteiger partial charge on any atom is -0.227 e. The minimum absolute atomic E-state index is 1.08. The summed E-state index contributed by atoms with van der Waals surface area (Å²) < 4.78 is 0. The van der Waals surface area contributed by atoms with Gasteiger partial charge in [-0.1, -0.05) is 6.92 Å². The van der Waals surface area contributed by atoms with Crippen molar-refractivity contribution in [1.82, 2.24) is 20.7 Å². The second kappa shape index (κ2) is 4.77. The number of nitrogens with one attached hydrogen (secondary N) is 1. The van der Waals surface area contributed by atoms with E-state index in [9.17, 15) is 0 Å². The molecule has 0 unspecified atom stereocenters. The lowest BCUT2D eigenvalue weighted by atomic mass is 10.3. The molecule has 0 aliphatic carbocycles. The van der Waals surface area contributed by atoms with E-state index < -0.39 is 0 Å². The summed E-state index contributed by atoms with van der Waals surface area (Å²) in [6, 6.07) is 0. The first-order valence-electron chi connectivity index (χ1n) is 4.71. The first-order valence-corrected chi connectivity index (χ1v) is 4.71. The lowest BCUT2D eigenvalue weighted by Crippen LogP contribution is -2.61. The van der Waals surface area contributed by atoms with Crippen LogP contribution < -0.4 is 5.43 Å². The van der Waals surface area contributed by atoms with E-state index in [-0.39, 0.29) is 0 Å². The Morgan fingerprint density at radius 2 is 2.17 bits per heavy atom. The molecular formula is C8H20N4. The van der Waals surface area contributed by atoms with Gasteiger partial charge in [0.15, 0.2) is 0 Å². The largest absolute Gasteiger partial charge is 0.227 e. The molecule has 4 nitrogen and oxygen atoms in total. The molecule has 1 aliphatic rings. The summed E-state index contributed by atoms with van der Waals surface area (Å²) in [6.45, 7) is 5.59. The van der Waals surface area contributed by atoms with Crippen molar-refractivity contribution in [2.45, 2.75) is 19.8 Å². The molecule has 0 spiro atoms. The van der Waals surface area contributed by atoms with Gasteiger partial charge in [0.1, 0.15) is 0 Å². The van der Waals surface area contributed by atoms with E-state index in [0.717, 1.165) is 13.1 Å². The van der Waals surface area contributed by atoms with Gasteiger partial charge in [-0.2, -0.15) is 0 Å². The maximum Gasteiger partial charge on any atom is 0.0173 e. The van der Waals surface area contributed by atoms with Crippen LogP contribution in [0.15, 0.2) is 0 Å². The Morgan fingerprint density at radius 1 is 1.42 bits per heavy atom. The predicted octanol–water partition coefficient (Wildman–Crippen LogP) is 0.300. The third-order valence-corrected chi connectivity index (χ3v) is 1.97. The van der Waals surface area contributed by atoms with E-state index in [1.165, 1.54) is 19.4 Å². The second-order valence-corrected chi connectivity index (χ2v) is 3.35. The van der Waals surface area contributed by atoms with Crippen LogP contribution in [0.3, 0.4) is 0 Å². The number of rotatable bonds is 3. The predicted molar refractivity (Wildman–Crippen MR) is 50.0 cm³/mol. The summed E-state index contributed by atoms with van der Waals surface area (Å²) in [5.74, 6) is 0. The van der Waals surface area contributed by atoms with Crippen LogP contribution in [0, 0.1) is 0 Å². The number of hydrazine groups is 3. The Balaban J connectivity index is 2.42. The third-order valence-electron chi connectivity index (χ3n) is 1.97. The maximum absolute atomic E-state index is 3.34. The van der Waals surface area contributed by atoms with Gasteiger partial charge >= 0.3 is 0 Å². The van der Waals surface area contributed by atoms with E-state index in [0.29, 0.717) is 0 Å². The summed E-state index contributed by atoms with van der Waals surface area (Å²) in [5, 5.41) is 6.52. The molecule has 1 rings (SSSR count). The van der Waals surface area contributed by atoms with Crippen molar-refractivity contribution < 1.29 is 0 Å². The molecular weight excluding hydrogens is 152 g/mol. The molecule has 1 N–H and O–H groups in total. The lowest BCUT2D eigenvalue weighted by Gasteiger charge is -2.41. The lowest BCUT2D eigenvalue weighted by molar-refractivity contribution is -0.216. The van der Waals surface area contributed by atoms with Gasteiger partial charge in [-0.15, -0.1) is 5.23 Å². The zero-order chi connectivity index (χ0) is 8.97. The highest BCUT2D eigenvalue weighted by Crippen LogP contribution is 2.04. The SMILES string of the molecule is CCCN1CCCNN1N(C)C. The van der Waals surface area contributed by atoms with E-state index in [1.807, 2.05) is 0 Å². The Kier molecular flexibility index (Phi) is 3.94. The molecule has 12 heavy (non-hydrogen) atoms. The highest BCUT2D eigenvalue weighted by molar-refractivity contribution is 4.58. The van der Waals surface area contributed by atoms with Crippen molar-refractivity contribution >= 4 is 0 Å². The Morgan fingerprint density at radius 3 is 2.75 bits per heavy atom. The van der Waals surface area contributed by atoms with Crippen molar-refractivity contribution in [2.75, 3.05) is 33.7 Å². The zero-order valence-corrected chi connectivity index (χ0v) is 8.38. The molecule has 0 saturated carbocycles. The molecule has 0 amide bonds. The fourth-order valence-corrected chi connectivity index (χ4v) is 1.49. The Bertz CT molecular complexity index is 124. The van der Waals surface area contributed by atoms with Gasteiger partial charge in [-0.25, -0.2) is 15.4 Å². The molecule has 1 fully saturated rings. The van der Waals surface area contributed by atoms with E-state index in [2.05, 4.69) is 41.7 Å². The molecule has 0 aromatic rings. The van der Waals surface area contributed by atoms with Gasteiger partial charge < -0.3 is 0 Å². The standard InChI is InChI=1S/C8H20N4/c1-4-7-11-8-5-6-9-12(11)10(2)3/h9H,4-8H2,1-3H3. The number of hydrogen-bond acceptors (Lipinski definition) is 4. The highest BCUT2D eigenvalue weighted by Gasteiger charge is 2.19. The molecule has 0 bridgehead atoms. The van der Waals surface area contributed by atoms with Crippen LogP contribution in [0.2, 0.25) is 0 Å². The van der Waals surface area contributed by atoms with Gasteiger partial charge in [-0.3, -0.25) is 0 Å². The molecule has 0 aromatic heterocycles. The topological polar surface area (TPSA) is 21.8 Å². The van der Waals surface area contributed by atoms with Crippen LogP contribution >= 0.6 is 0 Å². The monoisotopic (exact) mass is 172 g/mol. The molecule has 1 saturated heterocycles. The van der Waals surface area contributed by atoms with E-state index in [4.69, 9.17) is 0 Å². The van der Waals surface area contributed by atoms with Crippen LogP contribution in [-0.4, -0.2) is 49.0 Å². The van der Waals surface area contributed by atoms with Gasteiger partial charge in [0.05, 0.1) is 0 Å². The molecule has 72 valence electrons. The zero-order valence-electron chi connectivity index (χ0n) is 8.38. The van der Waals surface area contributed by atoms with Crippen molar-refractivity contribution in [1.29, 1.82) is 0 Å². The average Bonchev–Trinajstić information content (AvgIpc) is 2.05. The Labute approximate surface area is 75.0 Å². The first kappa shape index (κ1) is 9.92. The fraction of sp³-hybridized carbons (Fsp3) is 1.00. The molecule has 0 atom stereocenters. The summed E-state index contributed by atoms with van der Waals surface area (Å²) in [7, 11) is 4.11. The minimum atomic E-state index is 1.08. The van der Waals surface area contributed by atoms with Crippen LogP contribution in [-0.2, 0) is 0 Å². The van der Waals surface area contributed by atoms with Crippen molar-refractivity contribution in [3.05, 3.63) is 0 Å². The van der Waals surface area contributed by atoms with Crippen LogP contribution in [0.1, 0.15) is 19.8 Å². The van der Waals surface area contributed by atoms with Gasteiger partial charge in [0.2, 0.25) is 0 Å². The number of nitrogens with zero attached hydrogens (tertiary/aromatic N) is 3. The van der Waals surface area contributed by atoms with Crippen LogP contribution in [0.25, 0.3) is 0 Å². The highest BCUT2D eigenvalue weighted by atomic mass is 16.0. The molecule has 1 aliphatic heterocycles. The summed E-state index contributed by atoms with van der Waals surface area (Å²) >= 11 is 0. The van der Waals surface area contributed by atoms with E-state index in [1.54, 1.807) is 0 Å². The van der Waals surface area contributed by atoms with Crippen molar-refractivity contribution in [3.8, 4) is 0 Å². The second-order valence-electron chi connectivity index (χ2n) is 3.35. The molecule has 0 aromatic carbocycles. The maximum atomic E-state index is 3.34. The summed E-state index contributed by atoms with van der Waals surface area (Å²) in [5.41, 5.74) is 3.34. The number of hydrogen-bond donors (Lipinski definition) is 1. The van der Waals surface area contributed by atoms with Crippen molar-refractivity contribution in [3.63, 3.8) is 0 Å².